The highest BCUT2D eigenvalue weighted by Gasteiger charge is 2.18. The Morgan fingerprint density at radius 1 is 1.10 bits per heavy atom. The third kappa shape index (κ3) is 3.34. The van der Waals surface area contributed by atoms with Crippen LogP contribution in [0.3, 0.4) is 0 Å². The fraction of sp³-hybridized carbons (Fsp3) is 0.450. The van der Waals surface area contributed by atoms with Gasteiger partial charge in [-0.25, -0.2) is 0 Å². The van der Waals surface area contributed by atoms with Gasteiger partial charge in [-0.2, -0.15) is 0 Å². The Morgan fingerprint density at radius 3 is 2.38 bits per heavy atom. The van der Waals surface area contributed by atoms with Gasteiger partial charge in [0.25, 0.3) is 0 Å². The third-order valence-corrected chi connectivity index (χ3v) is 3.57. The number of aryl methyl sites for hydroxylation is 2. The Kier molecular flexibility index (Phi) is 2.34. The molecule has 0 atom stereocenters. The monoisotopic (exact) mass is 288 g/mol. The molecule has 0 aliphatic rings. The van der Waals surface area contributed by atoms with Gasteiger partial charge in [0.15, 0.2) is 0 Å². The summed E-state index contributed by atoms with van der Waals surface area (Å²) in [5, 5.41) is 0. The molecule has 1 nitrogen and oxygen atoms in total. The molecule has 1 heterocycles. The van der Waals surface area contributed by atoms with Crippen LogP contribution < -0.4 is 0 Å². The topological polar surface area (TPSA) is 12.9 Å². The molecule has 0 fully saturated rings. The molecule has 0 amide bonds. The van der Waals surface area contributed by atoms with Gasteiger partial charge in [-0.1, -0.05) is 46.8 Å². The van der Waals surface area contributed by atoms with Crippen molar-refractivity contribution in [2.75, 3.05) is 0 Å². The van der Waals surface area contributed by atoms with Crippen molar-refractivity contribution in [3.63, 3.8) is 0 Å². The highest BCUT2D eigenvalue weighted by atomic mass is 14.7. The molecular formula is C20H27N. The quantitative estimate of drug-likeness (QED) is 0.682. The minimum absolute atomic E-state index is 0.145. The number of benzene rings is 1. The molecule has 0 unspecified atom stereocenters. The Balaban J connectivity index is 2.72. The number of rotatable bonds is 2. The van der Waals surface area contributed by atoms with E-state index in [9.17, 15) is 0 Å². The summed E-state index contributed by atoms with van der Waals surface area (Å²) in [6.45, 7) is 4.53. The lowest BCUT2D eigenvalue weighted by atomic mass is 9.84. The van der Waals surface area contributed by atoms with E-state index >= 15 is 0 Å². The number of hydrogen-bond acceptors (Lipinski definition) is 1. The van der Waals surface area contributed by atoms with Gasteiger partial charge in [0.2, 0.25) is 0 Å². The Hall–Kier alpha value is -1.63. The normalized spacial score (nSPS) is 18.6. The molecule has 2 rings (SSSR count). The van der Waals surface area contributed by atoms with Crippen LogP contribution in [0, 0.1) is 13.7 Å². The fourth-order valence-corrected chi connectivity index (χ4v) is 2.35. The SMILES string of the molecule is [2H]C([2H])([2H])c1ccc(-c2cc(C(C)(C)C)c(C([2H])([2H])[2H])cn2)cc1C([2H])(C)C. The summed E-state index contributed by atoms with van der Waals surface area (Å²) in [5.41, 5.74) is 2.24. The van der Waals surface area contributed by atoms with E-state index in [1.165, 1.54) is 12.3 Å². The maximum atomic E-state index is 8.37. The van der Waals surface area contributed by atoms with Crippen LogP contribution in [0.15, 0.2) is 30.5 Å². The first-order chi connectivity index (χ1) is 12.4. The first kappa shape index (κ1) is 8.73. The molecule has 21 heavy (non-hydrogen) atoms. The predicted molar refractivity (Wildman–Crippen MR) is 91.9 cm³/mol. The van der Waals surface area contributed by atoms with Crippen LogP contribution in [0.1, 0.15) is 72.4 Å². The smallest absolute Gasteiger partial charge is 0.0705 e. The van der Waals surface area contributed by atoms with Gasteiger partial charge in [-0.3, -0.25) is 4.98 Å². The lowest BCUT2D eigenvalue weighted by Gasteiger charge is -2.22. The van der Waals surface area contributed by atoms with Crippen LogP contribution in [0.2, 0.25) is 0 Å². The highest BCUT2D eigenvalue weighted by Crippen LogP contribution is 2.30. The fourth-order valence-electron chi connectivity index (χ4n) is 2.35. The molecule has 0 bridgehead atoms. The first-order valence-corrected chi connectivity index (χ1v) is 7.09. The molecule has 1 aromatic heterocycles. The van der Waals surface area contributed by atoms with Gasteiger partial charge in [-0.15, -0.1) is 0 Å². The average Bonchev–Trinajstić information content (AvgIpc) is 2.50. The van der Waals surface area contributed by atoms with E-state index in [0.717, 1.165) is 0 Å². The average molecular weight is 288 g/mol. The minimum Gasteiger partial charge on any atom is -0.256 e. The largest absolute Gasteiger partial charge is 0.256 e. The van der Waals surface area contributed by atoms with Gasteiger partial charge in [0, 0.05) is 21.4 Å². The van der Waals surface area contributed by atoms with Gasteiger partial charge in [0.1, 0.15) is 0 Å². The van der Waals surface area contributed by atoms with Crippen LogP contribution in [-0.4, -0.2) is 4.98 Å². The lowest BCUT2D eigenvalue weighted by molar-refractivity contribution is 0.585. The van der Waals surface area contributed by atoms with Gasteiger partial charge in [-0.05, 0) is 59.4 Å². The molecule has 0 aliphatic heterocycles. The Bertz CT molecular complexity index is 793. The summed E-state index contributed by atoms with van der Waals surface area (Å²) >= 11 is 0. The van der Waals surface area contributed by atoms with E-state index in [4.69, 9.17) is 9.60 Å². The van der Waals surface area contributed by atoms with Crippen molar-refractivity contribution in [2.24, 2.45) is 0 Å². The molecule has 1 heteroatoms. The zero-order valence-corrected chi connectivity index (χ0v) is 13.3. The van der Waals surface area contributed by atoms with Gasteiger partial charge >= 0.3 is 0 Å². The van der Waals surface area contributed by atoms with Crippen molar-refractivity contribution in [2.45, 2.75) is 59.6 Å². The standard InChI is InChI=1S/C20H27N/c1-13(2)17-10-16(9-8-14(17)3)19-11-18(20(5,6)7)15(4)12-21-19/h8-13H,1-7H3/i3D3,4D3,13D. The summed E-state index contributed by atoms with van der Waals surface area (Å²) in [7, 11) is 0. The second kappa shape index (κ2) is 5.63. The maximum Gasteiger partial charge on any atom is 0.0705 e. The molecular weight excluding hydrogens is 254 g/mol. The number of nitrogens with zero attached hydrogens (tertiary/aromatic N) is 1. The summed E-state index contributed by atoms with van der Waals surface area (Å²) in [6, 6.07) is 6.62. The molecule has 0 aliphatic carbocycles. The van der Waals surface area contributed by atoms with E-state index in [0.29, 0.717) is 22.4 Å². The number of aromatic nitrogens is 1. The zero-order valence-electron chi connectivity index (χ0n) is 20.3. The second-order valence-electron chi connectivity index (χ2n) is 6.63. The van der Waals surface area contributed by atoms with E-state index < -0.39 is 25.0 Å². The molecule has 2 aromatic rings. The van der Waals surface area contributed by atoms with Crippen LogP contribution >= 0.6 is 0 Å². The zero-order chi connectivity index (χ0) is 21.7. The summed E-state index contributed by atoms with van der Waals surface area (Å²) < 4.78 is 55.0. The second-order valence-corrected chi connectivity index (χ2v) is 6.63. The molecule has 1 aromatic carbocycles. The molecule has 0 saturated heterocycles. The van der Waals surface area contributed by atoms with Crippen LogP contribution in [0.4, 0.5) is 0 Å². The van der Waals surface area contributed by atoms with Crippen molar-refractivity contribution in [1.82, 2.24) is 4.98 Å². The number of pyridine rings is 1. The summed E-state index contributed by atoms with van der Waals surface area (Å²) in [4.78, 5) is 4.34. The van der Waals surface area contributed by atoms with Crippen molar-refractivity contribution in [3.8, 4) is 11.3 Å². The molecule has 0 N–H and O–H groups in total. The lowest BCUT2D eigenvalue weighted by Crippen LogP contribution is -2.13. The Morgan fingerprint density at radius 2 is 1.81 bits per heavy atom. The minimum atomic E-state index is -2.32. The van der Waals surface area contributed by atoms with Crippen LogP contribution in [0.5, 0.6) is 0 Å². The van der Waals surface area contributed by atoms with Crippen molar-refractivity contribution < 1.29 is 9.60 Å². The molecule has 0 spiro atoms. The molecule has 0 saturated carbocycles. The first-order valence-electron chi connectivity index (χ1n) is 10.6. The predicted octanol–water partition coefficient (Wildman–Crippen LogP) is 5.79. The maximum absolute atomic E-state index is 8.37. The van der Waals surface area contributed by atoms with E-state index in [1.54, 1.807) is 32.0 Å². The summed E-state index contributed by atoms with van der Waals surface area (Å²) in [5.74, 6) is -1.11. The van der Waals surface area contributed by atoms with Crippen molar-refractivity contribution in [1.29, 1.82) is 0 Å². The molecule has 0 radical (unpaired) electrons. The summed E-state index contributed by atoms with van der Waals surface area (Å²) in [6.07, 6.45) is 1.38. The number of hydrogen-bond donors (Lipinski definition) is 0. The third-order valence-electron chi connectivity index (χ3n) is 3.57. The van der Waals surface area contributed by atoms with Gasteiger partial charge < -0.3 is 0 Å². The van der Waals surface area contributed by atoms with Crippen LogP contribution in [0.25, 0.3) is 11.3 Å². The van der Waals surface area contributed by atoms with Crippen molar-refractivity contribution >= 4 is 0 Å². The van der Waals surface area contributed by atoms with E-state index in [2.05, 4.69) is 4.98 Å². The van der Waals surface area contributed by atoms with E-state index in [1.807, 2.05) is 20.8 Å². The van der Waals surface area contributed by atoms with Crippen molar-refractivity contribution in [3.05, 3.63) is 52.7 Å². The Labute approximate surface area is 139 Å². The van der Waals surface area contributed by atoms with Crippen LogP contribution in [-0.2, 0) is 5.41 Å². The van der Waals surface area contributed by atoms with Gasteiger partial charge in [0.05, 0.1) is 5.69 Å². The van der Waals surface area contributed by atoms with E-state index in [-0.39, 0.29) is 11.1 Å². The highest BCUT2D eigenvalue weighted by molar-refractivity contribution is 5.63. The molecule has 112 valence electrons.